The fraction of sp³-hybridized carbons (Fsp3) is 0.381. The third kappa shape index (κ3) is 11.8. The van der Waals surface area contributed by atoms with Gasteiger partial charge in [-0.2, -0.15) is 5.11 Å². The number of azo groups is 1. The normalized spacial score (nSPS) is 11.1. The van der Waals surface area contributed by atoms with Crippen molar-refractivity contribution in [2.45, 2.75) is 13.3 Å². The number of carbonyl (C=O) groups is 1. The van der Waals surface area contributed by atoms with Gasteiger partial charge in [0.15, 0.2) is 0 Å². The maximum Gasteiger partial charge on any atom is 0.271 e. The largest absolute Gasteiger partial charge is 0.550 e. The Labute approximate surface area is 187 Å². The number of likely N-dealkylation sites (N-methyl/N-ethyl adjacent to an activating group) is 1. The van der Waals surface area contributed by atoms with E-state index in [0.717, 1.165) is 37.5 Å². The number of hydrogen-bond donors (Lipinski definition) is 1. The fourth-order valence-electron chi connectivity index (χ4n) is 2.30. The maximum atomic E-state index is 10.7. The number of non-ortho nitro benzene ring substituents is 1. The Hall–Kier alpha value is -2.88. The molecule has 0 aliphatic carbocycles. The highest BCUT2D eigenvalue weighted by molar-refractivity contribution is 6.33. The molecule has 0 fully saturated rings. The molecule has 2 rings (SSSR count). The van der Waals surface area contributed by atoms with Gasteiger partial charge in [0.05, 0.1) is 43.3 Å². The molecule has 0 aliphatic heterocycles. The minimum absolute atomic E-state index is 0.0710. The summed E-state index contributed by atoms with van der Waals surface area (Å²) in [6, 6.07) is 11.9. The van der Waals surface area contributed by atoms with Crippen LogP contribution in [0, 0.1) is 10.1 Å². The molecular weight excluding hydrogens is 422 g/mol. The topological polar surface area (TPSA) is 120 Å². The van der Waals surface area contributed by atoms with Gasteiger partial charge in [-0.3, -0.25) is 10.1 Å². The van der Waals surface area contributed by atoms with Gasteiger partial charge in [-0.1, -0.05) is 23.7 Å². The smallest absolute Gasteiger partial charge is 0.271 e. The summed E-state index contributed by atoms with van der Waals surface area (Å²) >= 11 is 6.01. The number of nitrogens with one attached hydrogen (secondary N) is 1. The number of nitro groups is 1. The van der Waals surface area contributed by atoms with E-state index in [1.165, 1.54) is 23.8 Å². The first-order valence-electron chi connectivity index (χ1n) is 9.61. The highest BCUT2D eigenvalue weighted by Crippen LogP contribution is 2.30. The zero-order valence-electron chi connectivity index (χ0n) is 18.2. The molecule has 0 saturated heterocycles. The van der Waals surface area contributed by atoms with Crippen molar-refractivity contribution in [3.8, 4) is 0 Å². The predicted molar refractivity (Wildman–Crippen MR) is 119 cm³/mol. The van der Waals surface area contributed by atoms with Crippen LogP contribution in [0.2, 0.25) is 5.02 Å². The number of quaternary nitrogens is 1. The third-order valence-electron chi connectivity index (χ3n) is 3.90. The summed E-state index contributed by atoms with van der Waals surface area (Å²) in [7, 11) is 6.54. The number of rotatable bonds is 9. The quantitative estimate of drug-likeness (QED) is 0.207. The van der Waals surface area contributed by atoms with Crippen LogP contribution < -0.4 is 10.4 Å². The van der Waals surface area contributed by atoms with Crippen LogP contribution in [0.1, 0.15) is 12.5 Å². The van der Waals surface area contributed by atoms with E-state index in [-0.39, 0.29) is 10.7 Å². The molecule has 0 bridgehead atoms. The first-order valence-corrected chi connectivity index (χ1v) is 9.99. The second-order valence-corrected chi connectivity index (χ2v) is 8.17. The fourth-order valence-corrected chi connectivity index (χ4v) is 2.52. The predicted octanol–water partition coefficient (Wildman–Crippen LogP) is 3.26. The van der Waals surface area contributed by atoms with Crippen LogP contribution in [0.5, 0.6) is 0 Å². The summed E-state index contributed by atoms with van der Waals surface area (Å²) in [4.78, 5) is 19.1. The van der Waals surface area contributed by atoms with Crippen molar-refractivity contribution in [1.82, 2.24) is 5.32 Å². The number of halogens is 1. The number of benzene rings is 2. The van der Waals surface area contributed by atoms with Gasteiger partial charge >= 0.3 is 0 Å². The van der Waals surface area contributed by atoms with Gasteiger partial charge in [0, 0.05) is 24.6 Å². The second kappa shape index (κ2) is 12.7. The summed E-state index contributed by atoms with van der Waals surface area (Å²) in [5.74, 6) is -1.08. The molecule has 2 aromatic carbocycles. The lowest BCUT2D eigenvalue weighted by atomic mass is 10.1. The molecule has 0 aliphatic rings. The van der Waals surface area contributed by atoms with Gasteiger partial charge in [0.1, 0.15) is 5.69 Å². The Balaban J connectivity index is 0.00000110. The number of aliphatic carboxylic acids is 1. The van der Waals surface area contributed by atoms with E-state index in [4.69, 9.17) is 21.5 Å². The van der Waals surface area contributed by atoms with Gasteiger partial charge in [0.2, 0.25) is 0 Å². The average molecular weight is 450 g/mol. The second-order valence-electron chi connectivity index (χ2n) is 7.76. The van der Waals surface area contributed by atoms with Crippen LogP contribution in [0.25, 0.3) is 0 Å². The van der Waals surface area contributed by atoms with Crippen LogP contribution in [-0.2, 0) is 11.2 Å². The molecule has 0 radical (unpaired) electrons. The molecule has 0 saturated carbocycles. The molecule has 2 aromatic rings. The average Bonchev–Trinajstić information content (AvgIpc) is 2.66. The van der Waals surface area contributed by atoms with Gasteiger partial charge in [-0.25, -0.2) is 0 Å². The lowest BCUT2D eigenvalue weighted by Gasteiger charge is -2.23. The number of carbonyl (C=O) groups excluding carboxylic acids is 1. The van der Waals surface area contributed by atoms with E-state index in [1.54, 1.807) is 0 Å². The van der Waals surface area contributed by atoms with Crippen molar-refractivity contribution in [3.63, 3.8) is 0 Å². The number of nitrogens with zero attached hydrogens (tertiary/aromatic N) is 4. The molecule has 0 unspecified atom stereocenters. The van der Waals surface area contributed by atoms with Gasteiger partial charge in [-0.05, 0) is 43.7 Å². The lowest BCUT2D eigenvalue weighted by Crippen LogP contribution is -2.40. The van der Waals surface area contributed by atoms with Crippen molar-refractivity contribution in [1.29, 1.82) is 0 Å². The van der Waals surface area contributed by atoms with Gasteiger partial charge in [-0.15, -0.1) is 5.11 Å². The zero-order chi connectivity index (χ0) is 23.4. The van der Waals surface area contributed by atoms with Crippen LogP contribution >= 0.6 is 11.6 Å². The van der Waals surface area contributed by atoms with E-state index < -0.39 is 10.9 Å². The van der Waals surface area contributed by atoms with Crippen molar-refractivity contribution < 1.29 is 19.3 Å². The monoisotopic (exact) mass is 449 g/mol. The minimum Gasteiger partial charge on any atom is -0.550 e. The number of nitro benzene ring substituents is 1. The van der Waals surface area contributed by atoms with Crippen molar-refractivity contribution in [2.75, 3.05) is 40.8 Å². The Morgan fingerprint density at radius 2 is 1.71 bits per heavy atom. The van der Waals surface area contributed by atoms with E-state index in [2.05, 4.69) is 36.7 Å². The summed E-state index contributed by atoms with van der Waals surface area (Å²) < 4.78 is 0.950. The number of carboxylic acid groups (broad SMARTS) is 1. The van der Waals surface area contributed by atoms with Crippen molar-refractivity contribution >= 4 is 34.6 Å². The van der Waals surface area contributed by atoms with E-state index in [9.17, 15) is 10.1 Å². The Morgan fingerprint density at radius 1 is 1.10 bits per heavy atom. The Kier molecular flexibility index (Phi) is 10.7. The molecule has 0 aromatic heterocycles. The van der Waals surface area contributed by atoms with Crippen molar-refractivity contribution in [3.05, 3.63) is 63.2 Å². The summed E-state index contributed by atoms with van der Waals surface area (Å²) in [5, 5.41) is 31.5. The van der Waals surface area contributed by atoms with Crippen LogP contribution in [0.3, 0.4) is 0 Å². The highest BCUT2D eigenvalue weighted by atomic mass is 35.5. The maximum absolute atomic E-state index is 10.7. The molecular formula is C21H28ClN5O4. The first kappa shape index (κ1) is 26.2. The molecule has 31 heavy (non-hydrogen) atoms. The van der Waals surface area contributed by atoms with Crippen LogP contribution in [-0.4, -0.2) is 56.2 Å². The number of carboxylic acids is 1. The molecule has 10 heteroatoms. The summed E-state index contributed by atoms with van der Waals surface area (Å²) in [6.07, 6.45) is 0.947. The molecule has 0 heterocycles. The van der Waals surface area contributed by atoms with Crippen LogP contribution in [0.15, 0.2) is 52.7 Å². The Bertz CT molecular complexity index is 892. The van der Waals surface area contributed by atoms with E-state index in [1.807, 2.05) is 24.3 Å². The molecule has 168 valence electrons. The van der Waals surface area contributed by atoms with Gasteiger partial charge < -0.3 is 19.7 Å². The standard InChI is InChI=1S/C19H25ClN5O2.C2H4O2/c1-25(2,3)13-12-21-11-10-15-4-6-16(7-5-15)22-23-19-9-8-17(24(26)27)14-18(19)20;1-2(3)4/h4-9,14,21H,10-13H2,1-3H3;1H3,(H,3,4)/q+1;/p-1. The molecule has 0 atom stereocenters. The third-order valence-corrected chi connectivity index (χ3v) is 4.20. The van der Waals surface area contributed by atoms with E-state index in [0.29, 0.717) is 11.4 Å². The van der Waals surface area contributed by atoms with Crippen molar-refractivity contribution in [2.24, 2.45) is 10.2 Å². The van der Waals surface area contributed by atoms with E-state index >= 15 is 0 Å². The SMILES string of the molecule is CC(=O)[O-].C[N+](C)(C)CCNCCc1ccc(N=Nc2ccc([N+](=O)[O-])cc2Cl)cc1. The Morgan fingerprint density at radius 3 is 2.23 bits per heavy atom. The van der Waals surface area contributed by atoms with Crippen LogP contribution in [0.4, 0.5) is 17.1 Å². The van der Waals surface area contributed by atoms with Gasteiger partial charge in [0.25, 0.3) is 5.69 Å². The summed E-state index contributed by atoms with van der Waals surface area (Å²) in [6.45, 7) is 3.98. The molecule has 1 N–H and O–H groups in total. The highest BCUT2D eigenvalue weighted by Gasteiger charge is 2.09. The summed E-state index contributed by atoms with van der Waals surface area (Å²) in [5.41, 5.74) is 2.25. The first-order chi connectivity index (χ1) is 14.5. The molecule has 0 amide bonds. The molecule has 0 spiro atoms. The minimum atomic E-state index is -1.08. The molecule has 9 nitrogen and oxygen atoms in total. The number of hydrogen-bond acceptors (Lipinski definition) is 7. The zero-order valence-corrected chi connectivity index (χ0v) is 18.9. The lowest BCUT2D eigenvalue weighted by molar-refractivity contribution is -0.869.